The van der Waals surface area contributed by atoms with Gasteiger partial charge in [-0.2, -0.15) is 0 Å². The molecule has 0 radical (unpaired) electrons. The molecule has 6 heteroatoms. The summed E-state index contributed by atoms with van der Waals surface area (Å²) in [6.07, 6.45) is 98.9. The Morgan fingerprint density at radius 1 is 0.263 bits per heavy atom. The van der Waals surface area contributed by atoms with Gasteiger partial charge in [-0.3, -0.25) is 14.4 Å². The lowest BCUT2D eigenvalue weighted by molar-refractivity contribution is -0.167. The van der Waals surface area contributed by atoms with Crippen molar-refractivity contribution < 1.29 is 28.6 Å². The molecule has 1 unspecified atom stereocenters. The Morgan fingerprint density at radius 2 is 0.487 bits per heavy atom. The number of hydrogen-bond acceptors (Lipinski definition) is 6. The molecule has 0 fully saturated rings. The van der Waals surface area contributed by atoms with Crippen molar-refractivity contribution in [2.24, 2.45) is 0 Å². The first-order chi connectivity index (χ1) is 39.5. The highest BCUT2D eigenvalue weighted by atomic mass is 16.6. The van der Waals surface area contributed by atoms with Gasteiger partial charge in [-0.25, -0.2) is 0 Å². The van der Waals surface area contributed by atoms with Gasteiger partial charge in [0.25, 0.3) is 0 Å². The third-order valence-corrected chi connectivity index (χ3v) is 12.6. The summed E-state index contributed by atoms with van der Waals surface area (Å²) >= 11 is 0. The summed E-state index contributed by atoms with van der Waals surface area (Å²) in [5, 5.41) is 0. The summed E-state index contributed by atoms with van der Waals surface area (Å²) in [4.78, 5) is 38.3. The van der Waals surface area contributed by atoms with Gasteiger partial charge in [-0.05, 0) is 161 Å². The Kier molecular flexibility index (Phi) is 61.5. The van der Waals surface area contributed by atoms with Gasteiger partial charge < -0.3 is 14.2 Å². The summed E-state index contributed by atoms with van der Waals surface area (Å²) in [6.45, 7) is 6.31. The van der Waals surface area contributed by atoms with Crippen LogP contribution in [0.2, 0.25) is 0 Å². The van der Waals surface area contributed by atoms with Gasteiger partial charge in [-0.1, -0.05) is 248 Å². The molecule has 0 bridgehead atoms. The lowest BCUT2D eigenvalue weighted by atomic mass is 10.1. The van der Waals surface area contributed by atoms with Crippen molar-refractivity contribution in [1.82, 2.24) is 0 Å². The van der Waals surface area contributed by atoms with Crippen molar-refractivity contribution >= 4 is 17.9 Å². The lowest BCUT2D eigenvalue weighted by Gasteiger charge is -2.18. The van der Waals surface area contributed by atoms with Crippen LogP contribution in [-0.4, -0.2) is 37.2 Å². The van der Waals surface area contributed by atoms with Crippen LogP contribution in [0.15, 0.2) is 182 Å². The fraction of sp³-hybridized carbons (Fsp3) is 0.554. The van der Waals surface area contributed by atoms with Crippen molar-refractivity contribution in [3.63, 3.8) is 0 Å². The molecule has 1 atom stereocenters. The van der Waals surface area contributed by atoms with Gasteiger partial charge in [-0.15, -0.1) is 0 Å². The van der Waals surface area contributed by atoms with E-state index < -0.39 is 6.10 Å². The molecule has 446 valence electrons. The molecule has 0 aliphatic carbocycles. The average molecular weight is 1100 g/mol. The van der Waals surface area contributed by atoms with Gasteiger partial charge in [0.1, 0.15) is 13.2 Å². The third kappa shape index (κ3) is 63.3. The van der Waals surface area contributed by atoms with E-state index in [1.165, 1.54) is 32.1 Å². The minimum atomic E-state index is -0.825. The molecular weight excluding hydrogens is 985 g/mol. The van der Waals surface area contributed by atoms with Crippen LogP contribution < -0.4 is 0 Å². The molecule has 0 amide bonds. The maximum atomic E-state index is 12.9. The van der Waals surface area contributed by atoms with Crippen molar-refractivity contribution in [2.45, 2.75) is 252 Å². The second kappa shape index (κ2) is 66.0. The highest BCUT2D eigenvalue weighted by Crippen LogP contribution is 2.12. The SMILES string of the molecule is CC/C=C\C/C=C\C/C=C\C/C=C\C/C=C\C/C=C\C/C=C\CCCCCC(=O)OCC(COC(=O)CCCCCCC/C=C\CCCCC)OC(=O)CCCCC/C=C\C/C=C\C/C=C\C/C=C\C/C=C\C/C=C\C/C=C\CC. The van der Waals surface area contributed by atoms with Crippen LogP contribution in [-0.2, 0) is 28.6 Å². The predicted octanol–water partition coefficient (Wildman–Crippen LogP) is 22.0. The monoisotopic (exact) mass is 1100 g/mol. The van der Waals surface area contributed by atoms with Crippen LogP contribution in [0, 0.1) is 0 Å². The lowest BCUT2D eigenvalue weighted by Crippen LogP contribution is -2.30. The maximum absolute atomic E-state index is 12.9. The Morgan fingerprint density at radius 3 is 0.787 bits per heavy atom. The van der Waals surface area contributed by atoms with E-state index in [-0.39, 0.29) is 37.5 Å². The number of unbranched alkanes of at least 4 members (excludes halogenated alkanes) is 14. The van der Waals surface area contributed by atoms with Crippen LogP contribution in [0.25, 0.3) is 0 Å². The van der Waals surface area contributed by atoms with Crippen LogP contribution in [0.3, 0.4) is 0 Å². The van der Waals surface area contributed by atoms with Gasteiger partial charge in [0.05, 0.1) is 0 Å². The maximum Gasteiger partial charge on any atom is 0.306 e. The summed E-state index contributed by atoms with van der Waals surface area (Å²) < 4.78 is 16.8. The quantitative estimate of drug-likeness (QED) is 0.0261. The first-order valence-electron chi connectivity index (χ1n) is 31.8. The molecule has 0 aliphatic rings. The highest BCUT2D eigenvalue weighted by Gasteiger charge is 2.19. The van der Waals surface area contributed by atoms with E-state index >= 15 is 0 Å². The molecule has 0 saturated carbocycles. The standard InChI is InChI=1S/C74H114O6/c1-4-7-10-13-16-19-22-25-27-29-31-33-35-37-39-41-43-45-47-49-52-55-58-61-64-67-73(76)79-70-71(69-78-72(75)66-63-60-57-54-51-24-21-18-15-12-9-6-3)80-74(77)68-65-62-59-56-53-50-48-46-44-42-40-38-36-34-32-30-28-26-23-20-17-14-11-8-5-2/h7-8,10-11,16-21,25-28,31-34,37-40,43-46,49-50,52-53,71H,4-6,9,12-15,22-24,29-30,35-36,41-42,47-48,51,54-70H2,1-3H3/b10-7-,11-8-,19-16-,20-17-,21-18-,27-25-,28-26-,33-31-,34-32-,39-37-,40-38-,45-43-,46-44-,52-49-,53-50-. The van der Waals surface area contributed by atoms with Crippen LogP contribution in [0.1, 0.15) is 245 Å². The third-order valence-electron chi connectivity index (χ3n) is 12.6. The number of esters is 3. The van der Waals surface area contributed by atoms with E-state index in [0.29, 0.717) is 19.3 Å². The summed E-state index contributed by atoms with van der Waals surface area (Å²) in [7, 11) is 0. The smallest absolute Gasteiger partial charge is 0.306 e. The number of hydrogen-bond donors (Lipinski definition) is 0. The number of carbonyl (C=O) groups is 3. The van der Waals surface area contributed by atoms with Crippen LogP contribution in [0.5, 0.6) is 0 Å². The van der Waals surface area contributed by atoms with Crippen molar-refractivity contribution in [1.29, 1.82) is 0 Å². The zero-order valence-electron chi connectivity index (χ0n) is 51.0. The molecule has 0 heterocycles. The average Bonchev–Trinajstić information content (AvgIpc) is 3.46. The van der Waals surface area contributed by atoms with Gasteiger partial charge >= 0.3 is 17.9 Å². The predicted molar refractivity (Wildman–Crippen MR) is 348 cm³/mol. The van der Waals surface area contributed by atoms with Gasteiger partial charge in [0, 0.05) is 19.3 Å². The molecule has 0 saturated heterocycles. The van der Waals surface area contributed by atoms with E-state index in [4.69, 9.17) is 14.2 Å². The van der Waals surface area contributed by atoms with E-state index in [1.807, 2.05) is 0 Å². The van der Waals surface area contributed by atoms with E-state index in [1.54, 1.807) is 0 Å². The van der Waals surface area contributed by atoms with Gasteiger partial charge in [0.2, 0.25) is 0 Å². The molecule has 0 aliphatic heterocycles. The van der Waals surface area contributed by atoms with Crippen LogP contribution in [0.4, 0.5) is 0 Å². The van der Waals surface area contributed by atoms with Gasteiger partial charge in [0.15, 0.2) is 6.10 Å². The fourth-order valence-electron chi connectivity index (χ4n) is 7.92. The first kappa shape index (κ1) is 74.5. The number of ether oxygens (including phenoxy) is 3. The normalized spacial score (nSPS) is 13.4. The summed E-state index contributed by atoms with van der Waals surface area (Å²) in [5.41, 5.74) is 0. The second-order valence-corrected chi connectivity index (χ2v) is 20.2. The minimum absolute atomic E-state index is 0.116. The Bertz CT molecular complexity index is 1890. The molecule has 6 nitrogen and oxygen atoms in total. The Balaban J connectivity index is 4.52. The van der Waals surface area contributed by atoms with Crippen molar-refractivity contribution in [3.05, 3.63) is 182 Å². The fourth-order valence-corrected chi connectivity index (χ4v) is 7.92. The van der Waals surface area contributed by atoms with Crippen molar-refractivity contribution in [3.8, 4) is 0 Å². The van der Waals surface area contributed by atoms with Crippen molar-refractivity contribution in [2.75, 3.05) is 13.2 Å². The Hall–Kier alpha value is -5.49. The van der Waals surface area contributed by atoms with Crippen LogP contribution >= 0.6 is 0 Å². The molecule has 0 N–H and O–H groups in total. The summed E-state index contributed by atoms with van der Waals surface area (Å²) in [5.74, 6) is -1.00. The molecule has 0 spiro atoms. The molecule has 0 aromatic rings. The molecular formula is C74H114O6. The van der Waals surface area contributed by atoms with E-state index in [9.17, 15) is 14.4 Å². The zero-order chi connectivity index (χ0) is 57.8. The summed E-state index contributed by atoms with van der Waals surface area (Å²) in [6, 6.07) is 0. The van der Waals surface area contributed by atoms with E-state index in [2.05, 4.69) is 203 Å². The first-order valence-corrected chi connectivity index (χ1v) is 31.8. The van der Waals surface area contributed by atoms with E-state index in [0.717, 1.165) is 167 Å². The topological polar surface area (TPSA) is 78.9 Å². The number of carbonyl (C=O) groups excluding carboxylic acids is 3. The molecule has 0 aromatic carbocycles. The second-order valence-electron chi connectivity index (χ2n) is 20.2. The molecule has 80 heavy (non-hydrogen) atoms. The Labute approximate surface area is 491 Å². The highest BCUT2D eigenvalue weighted by molar-refractivity contribution is 5.71. The number of rotatable bonds is 55. The minimum Gasteiger partial charge on any atom is -0.462 e. The largest absolute Gasteiger partial charge is 0.462 e. The number of allylic oxidation sites excluding steroid dienone is 30. The molecule has 0 aromatic heterocycles. The zero-order valence-corrected chi connectivity index (χ0v) is 51.0. The molecule has 0 rings (SSSR count).